The summed E-state index contributed by atoms with van der Waals surface area (Å²) >= 11 is 0. The van der Waals surface area contributed by atoms with E-state index in [0.717, 1.165) is 11.1 Å². The molecule has 1 aromatic carbocycles. The predicted octanol–water partition coefficient (Wildman–Crippen LogP) is 1.07. The van der Waals surface area contributed by atoms with Gasteiger partial charge in [-0.1, -0.05) is 0 Å². The van der Waals surface area contributed by atoms with Gasteiger partial charge in [0.2, 0.25) is 5.78 Å². The van der Waals surface area contributed by atoms with Gasteiger partial charge in [0.05, 0.1) is 7.11 Å². The Kier molecular flexibility index (Phi) is 2.19. The summed E-state index contributed by atoms with van der Waals surface area (Å²) < 4.78 is 5.14. The van der Waals surface area contributed by atoms with Crippen molar-refractivity contribution >= 4 is 17.4 Å². The van der Waals surface area contributed by atoms with Crippen LogP contribution >= 0.6 is 0 Å². The molecule has 0 saturated carbocycles. The fraction of sp³-hybridized carbons (Fsp3) is 0.273. The summed E-state index contributed by atoms with van der Waals surface area (Å²) in [5.41, 5.74) is 2.47. The number of methoxy groups -OCH3 is 1. The molecular formula is C11H11NO3. The average Bonchev–Trinajstić information content (AvgIpc) is 2.20. The molecule has 1 aliphatic rings. The van der Waals surface area contributed by atoms with E-state index in [0.29, 0.717) is 11.4 Å². The van der Waals surface area contributed by atoms with Crippen LogP contribution in [-0.2, 0) is 16.0 Å². The van der Waals surface area contributed by atoms with Gasteiger partial charge in [0.25, 0.3) is 5.91 Å². The van der Waals surface area contributed by atoms with E-state index in [-0.39, 0.29) is 6.42 Å². The molecule has 0 spiro atoms. The number of carbonyl (C=O) groups is 2. The molecule has 1 aromatic rings. The SMILES string of the molecule is COc1cc2c(cc1C)CC(=O)C(=O)N2. The molecule has 0 fully saturated rings. The molecule has 2 rings (SSSR count). The smallest absolute Gasteiger partial charge is 0.292 e. The van der Waals surface area contributed by atoms with Crippen molar-refractivity contribution < 1.29 is 14.3 Å². The summed E-state index contributed by atoms with van der Waals surface area (Å²) in [6.45, 7) is 1.90. The van der Waals surface area contributed by atoms with E-state index >= 15 is 0 Å². The Morgan fingerprint density at radius 1 is 1.33 bits per heavy atom. The number of ketones is 1. The second kappa shape index (κ2) is 3.38. The van der Waals surface area contributed by atoms with Crippen molar-refractivity contribution in [3.8, 4) is 5.75 Å². The van der Waals surface area contributed by atoms with Gasteiger partial charge in [-0.25, -0.2) is 0 Å². The first-order valence-electron chi connectivity index (χ1n) is 4.63. The largest absolute Gasteiger partial charge is 0.496 e. The molecular weight excluding hydrogens is 194 g/mol. The van der Waals surface area contributed by atoms with Gasteiger partial charge in [0.1, 0.15) is 5.75 Å². The number of aryl methyl sites for hydroxylation is 1. The molecule has 1 amide bonds. The van der Waals surface area contributed by atoms with Crippen LogP contribution in [0.25, 0.3) is 0 Å². The van der Waals surface area contributed by atoms with Crippen LogP contribution in [0.1, 0.15) is 11.1 Å². The van der Waals surface area contributed by atoms with Crippen molar-refractivity contribution in [2.24, 2.45) is 0 Å². The molecule has 0 bridgehead atoms. The standard InChI is InChI=1S/C11H11NO3/c1-6-3-7-4-9(13)11(14)12-8(7)5-10(6)15-2/h3,5H,4H2,1-2H3,(H,12,14). The molecule has 1 heterocycles. The second-order valence-corrected chi connectivity index (χ2v) is 3.53. The highest BCUT2D eigenvalue weighted by Gasteiger charge is 2.23. The molecule has 1 N–H and O–H groups in total. The molecule has 1 aliphatic heterocycles. The number of rotatable bonds is 1. The van der Waals surface area contributed by atoms with Crippen molar-refractivity contribution in [2.45, 2.75) is 13.3 Å². The highest BCUT2D eigenvalue weighted by Crippen LogP contribution is 2.29. The van der Waals surface area contributed by atoms with Crippen LogP contribution in [0.2, 0.25) is 0 Å². The van der Waals surface area contributed by atoms with Gasteiger partial charge in [-0.2, -0.15) is 0 Å². The number of Topliss-reactive ketones (excluding diaryl/α,β-unsaturated/α-hetero) is 1. The lowest BCUT2D eigenvalue weighted by atomic mass is 9.99. The van der Waals surface area contributed by atoms with E-state index in [9.17, 15) is 9.59 Å². The summed E-state index contributed by atoms with van der Waals surface area (Å²) in [7, 11) is 1.57. The molecule has 15 heavy (non-hydrogen) atoms. The van der Waals surface area contributed by atoms with Crippen molar-refractivity contribution in [3.05, 3.63) is 23.3 Å². The predicted molar refractivity (Wildman–Crippen MR) is 55.1 cm³/mol. The molecule has 78 valence electrons. The van der Waals surface area contributed by atoms with E-state index in [1.807, 2.05) is 13.0 Å². The highest BCUT2D eigenvalue weighted by molar-refractivity contribution is 6.42. The van der Waals surface area contributed by atoms with Gasteiger partial charge in [0, 0.05) is 18.2 Å². The molecule has 0 atom stereocenters. The first-order valence-corrected chi connectivity index (χ1v) is 4.63. The molecule has 0 radical (unpaired) electrons. The van der Waals surface area contributed by atoms with Crippen LogP contribution in [0.4, 0.5) is 5.69 Å². The number of amides is 1. The van der Waals surface area contributed by atoms with Crippen LogP contribution in [0.5, 0.6) is 5.75 Å². The maximum Gasteiger partial charge on any atom is 0.292 e. The number of carbonyl (C=O) groups excluding carboxylic acids is 2. The molecule has 0 saturated heterocycles. The van der Waals surface area contributed by atoms with Gasteiger partial charge < -0.3 is 10.1 Å². The van der Waals surface area contributed by atoms with Crippen LogP contribution in [-0.4, -0.2) is 18.8 Å². The molecule has 4 nitrogen and oxygen atoms in total. The van der Waals surface area contributed by atoms with E-state index in [1.54, 1.807) is 13.2 Å². The first kappa shape index (κ1) is 9.71. The van der Waals surface area contributed by atoms with Gasteiger partial charge in [0.15, 0.2) is 0 Å². The minimum absolute atomic E-state index is 0.173. The average molecular weight is 205 g/mol. The Labute approximate surface area is 87.2 Å². The second-order valence-electron chi connectivity index (χ2n) is 3.53. The van der Waals surface area contributed by atoms with Crippen LogP contribution in [0.3, 0.4) is 0 Å². The van der Waals surface area contributed by atoms with Gasteiger partial charge >= 0.3 is 0 Å². The lowest BCUT2D eigenvalue weighted by Crippen LogP contribution is -2.29. The summed E-state index contributed by atoms with van der Waals surface area (Å²) in [4.78, 5) is 22.3. The quantitative estimate of drug-likeness (QED) is 0.697. The number of ether oxygens (including phenoxy) is 1. The Morgan fingerprint density at radius 2 is 2.07 bits per heavy atom. The fourth-order valence-electron chi connectivity index (χ4n) is 1.68. The van der Waals surface area contributed by atoms with Crippen molar-refractivity contribution in [2.75, 3.05) is 12.4 Å². The van der Waals surface area contributed by atoms with Crippen LogP contribution < -0.4 is 10.1 Å². The zero-order chi connectivity index (χ0) is 11.0. The van der Waals surface area contributed by atoms with E-state index in [4.69, 9.17) is 4.74 Å². The van der Waals surface area contributed by atoms with E-state index in [2.05, 4.69) is 5.32 Å². The third kappa shape index (κ3) is 1.58. The third-order valence-corrected chi connectivity index (χ3v) is 2.47. The topological polar surface area (TPSA) is 55.4 Å². The molecule has 0 aliphatic carbocycles. The molecule has 0 unspecified atom stereocenters. The van der Waals surface area contributed by atoms with Gasteiger partial charge in [-0.3, -0.25) is 9.59 Å². The summed E-state index contributed by atoms with van der Waals surface area (Å²) in [5.74, 6) is -0.233. The number of anilines is 1. The van der Waals surface area contributed by atoms with Gasteiger partial charge in [-0.05, 0) is 24.1 Å². The number of hydrogen-bond acceptors (Lipinski definition) is 3. The van der Waals surface area contributed by atoms with Crippen molar-refractivity contribution in [1.29, 1.82) is 0 Å². The summed E-state index contributed by atoms with van der Waals surface area (Å²) in [6, 6.07) is 3.61. The Balaban J connectivity index is 2.50. The van der Waals surface area contributed by atoms with Gasteiger partial charge in [-0.15, -0.1) is 0 Å². The zero-order valence-corrected chi connectivity index (χ0v) is 8.59. The minimum atomic E-state index is -0.548. The Hall–Kier alpha value is -1.84. The Morgan fingerprint density at radius 3 is 2.73 bits per heavy atom. The third-order valence-electron chi connectivity index (χ3n) is 2.47. The number of benzene rings is 1. The normalized spacial score (nSPS) is 14.5. The van der Waals surface area contributed by atoms with E-state index < -0.39 is 11.7 Å². The minimum Gasteiger partial charge on any atom is -0.496 e. The lowest BCUT2D eigenvalue weighted by molar-refractivity contribution is -0.134. The van der Waals surface area contributed by atoms with Crippen molar-refractivity contribution in [3.63, 3.8) is 0 Å². The first-order chi connectivity index (χ1) is 7.11. The lowest BCUT2D eigenvalue weighted by Gasteiger charge is -2.17. The number of hydrogen-bond donors (Lipinski definition) is 1. The summed E-state index contributed by atoms with van der Waals surface area (Å²) in [5, 5.41) is 2.54. The van der Waals surface area contributed by atoms with Crippen molar-refractivity contribution in [1.82, 2.24) is 0 Å². The molecule has 0 aromatic heterocycles. The maximum absolute atomic E-state index is 11.2. The summed E-state index contributed by atoms with van der Waals surface area (Å²) in [6.07, 6.45) is 0.173. The highest BCUT2D eigenvalue weighted by atomic mass is 16.5. The number of fused-ring (bicyclic) bond motifs is 1. The van der Waals surface area contributed by atoms with Crippen LogP contribution in [0, 0.1) is 6.92 Å². The number of nitrogens with one attached hydrogen (secondary N) is 1. The van der Waals surface area contributed by atoms with E-state index in [1.165, 1.54) is 0 Å². The molecule has 4 heteroatoms. The van der Waals surface area contributed by atoms with Crippen LogP contribution in [0.15, 0.2) is 12.1 Å². The monoisotopic (exact) mass is 205 g/mol. The fourth-order valence-corrected chi connectivity index (χ4v) is 1.68. The maximum atomic E-state index is 11.2. The zero-order valence-electron chi connectivity index (χ0n) is 8.59. The Bertz CT molecular complexity index is 451.